The van der Waals surface area contributed by atoms with Crippen molar-refractivity contribution < 1.29 is 19.5 Å². The lowest BCUT2D eigenvalue weighted by Gasteiger charge is -2.27. The fourth-order valence-electron chi connectivity index (χ4n) is 1.12. The SMILES string of the molecule is O=C(O)CC1NC(=O)[C@H](CS)NC1=O. The zero-order valence-corrected chi connectivity index (χ0v) is 8.08. The summed E-state index contributed by atoms with van der Waals surface area (Å²) < 4.78 is 0. The van der Waals surface area contributed by atoms with E-state index in [2.05, 4.69) is 23.3 Å². The number of piperazine rings is 1. The van der Waals surface area contributed by atoms with Crippen LogP contribution in [0.2, 0.25) is 0 Å². The Morgan fingerprint density at radius 1 is 1.29 bits per heavy atom. The van der Waals surface area contributed by atoms with Gasteiger partial charge in [-0.1, -0.05) is 0 Å². The molecule has 1 fully saturated rings. The quantitative estimate of drug-likeness (QED) is 0.428. The van der Waals surface area contributed by atoms with Gasteiger partial charge in [0.1, 0.15) is 12.1 Å². The minimum Gasteiger partial charge on any atom is -0.481 e. The molecule has 7 heteroatoms. The normalized spacial score (nSPS) is 26.6. The molecule has 0 aromatic heterocycles. The fraction of sp³-hybridized carbons (Fsp3) is 0.571. The van der Waals surface area contributed by atoms with Gasteiger partial charge in [-0.25, -0.2) is 0 Å². The molecule has 0 aliphatic carbocycles. The summed E-state index contributed by atoms with van der Waals surface area (Å²) in [6.07, 6.45) is -0.406. The molecule has 1 aliphatic heterocycles. The van der Waals surface area contributed by atoms with Gasteiger partial charge in [0.25, 0.3) is 0 Å². The van der Waals surface area contributed by atoms with Gasteiger partial charge in [0.2, 0.25) is 11.8 Å². The summed E-state index contributed by atoms with van der Waals surface area (Å²) in [4.78, 5) is 32.7. The number of thiol groups is 1. The molecule has 0 saturated carbocycles. The summed E-state index contributed by atoms with van der Waals surface area (Å²) in [5.41, 5.74) is 0. The Hall–Kier alpha value is -1.24. The highest BCUT2D eigenvalue weighted by Crippen LogP contribution is 2.02. The van der Waals surface area contributed by atoms with Gasteiger partial charge in [0.05, 0.1) is 6.42 Å². The number of hydrogen-bond acceptors (Lipinski definition) is 4. The number of carboxylic acids is 1. The Bertz CT molecular complexity index is 281. The Kier molecular flexibility index (Phi) is 3.34. The maximum atomic E-state index is 11.2. The van der Waals surface area contributed by atoms with Gasteiger partial charge in [-0.2, -0.15) is 12.6 Å². The van der Waals surface area contributed by atoms with Crippen molar-refractivity contribution in [2.45, 2.75) is 18.5 Å². The average molecular weight is 218 g/mol. The predicted molar refractivity (Wildman–Crippen MR) is 50.0 cm³/mol. The van der Waals surface area contributed by atoms with Crippen LogP contribution in [0.5, 0.6) is 0 Å². The summed E-state index contributed by atoms with van der Waals surface area (Å²) in [5, 5.41) is 13.1. The first-order valence-corrected chi connectivity index (χ1v) is 4.61. The van der Waals surface area contributed by atoms with E-state index < -0.39 is 36.3 Å². The van der Waals surface area contributed by atoms with E-state index in [4.69, 9.17) is 5.11 Å². The molecule has 2 atom stereocenters. The van der Waals surface area contributed by atoms with Crippen molar-refractivity contribution in [2.24, 2.45) is 0 Å². The molecule has 6 nitrogen and oxygen atoms in total. The highest BCUT2D eigenvalue weighted by atomic mass is 32.1. The van der Waals surface area contributed by atoms with Crippen LogP contribution < -0.4 is 10.6 Å². The number of rotatable bonds is 3. The molecule has 2 amide bonds. The second-order valence-electron chi connectivity index (χ2n) is 2.90. The highest BCUT2D eigenvalue weighted by Gasteiger charge is 2.33. The lowest BCUT2D eigenvalue weighted by Crippen LogP contribution is -2.62. The summed E-state index contributed by atoms with van der Waals surface area (Å²) in [6, 6.07) is -1.65. The molecule has 1 saturated heterocycles. The third-order valence-corrected chi connectivity index (χ3v) is 2.19. The molecule has 78 valence electrons. The van der Waals surface area contributed by atoms with E-state index in [1.807, 2.05) is 0 Å². The molecule has 0 bridgehead atoms. The van der Waals surface area contributed by atoms with E-state index >= 15 is 0 Å². The van der Waals surface area contributed by atoms with Crippen LogP contribution in [0.1, 0.15) is 6.42 Å². The number of nitrogens with one attached hydrogen (secondary N) is 2. The third-order valence-electron chi connectivity index (χ3n) is 1.83. The Morgan fingerprint density at radius 3 is 2.29 bits per heavy atom. The summed E-state index contributed by atoms with van der Waals surface area (Å²) in [6.45, 7) is 0. The van der Waals surface area contributed by atoms with Crippen molar-refractivity contribution in [1.82, 2.24) is 10.6 Å². The molecule has 1 aliphatic rings. The Labute approximate surface area is 85.5 Å². The van der Waals surface area contributed by atoms with Crippen molar-refractivity contribution >= 4 is 30.4 Å². The molecule has 1 rings (SSSR count). The molecule has 14 heavy (non-hydrogen) atoms. The van der Waals surface area contributed by atoms with Gasteiger partial charge >= 0.3 is 5.97 Å². The van der Waals surface area contributed by atoms with Crippen LogP contribution in [0.4, 0.5) is 0 Å². The predicted octanol–water partition coefficient (Wildman–Crippen LogP) is -1.63. The van der Waals surface area contributed by atoms with Crippen LogP contribution >= 0.6 is 12.6 Å². The van der Waals surface area contributed by atoms with Crippen LogP contribution in [-0.4, -0.2) is 40.7 Å². The van der Waals surface area contributed by atoms with Gasteiger partial charge < -0.3 is 15.7 Å². The van der Waals surface area contributed by atoms with E-state index in [1.165, 1.54) is 0 Å². The lowest BCUT2D eigenvalue weighted by atomic mass is 10.1. The van der Waals surface area contributed by atoms with Gasteiger partial charge in [-0.3, -0.25) is 14.4 Å². The largest absolute Gasteiger partial charge is 0.481 e. The van der Waals surface area contributed by atoms with Crippen molar-refractivity contribution in [1.29, 1.82) is 0 Å². The van der Waals surface area contributed by atoms with Crippen molar-refractivity contribution in [3.8, 4) is 0 Å². The van der Waals surface area contributed by atoms with Crippen LogP contribution in [0, 0.1) is 0 Å². The first-order valence-electron chi connectivity index (χ1n) is 3.98. The zero-order valence-electron chi connectivity index (χ0n) is 7.19. The number of amides is 2. The number of hydrogen-bond donors (Lipinski definition) is 4. The first kappa shape index (κ1) is 10.8. The Morgan fingerprint density at radius 2 is 1.79 bits per heavy atom. The van der Waals surface area contributed by atoms with Gasteiger partial charge in [-0.15, -0.1) is 0 Å². The molecule has 0 radical (unpaired) electrons. The van der Waals surface area contributed by atoms with Gasteiger partial charge in [0.15, 0.2) is 0 Å². The number of carbonyl (C=O) groups is 3. The minimum atomic E-state index is -1.13. The molecule has 1 heterocycles. The molecular weight excluding hydrogens is 208 g/mol. The van der Waals surface area contributed by atoms with E-state index in [0.29, 0.717) is 0 Å². The maximum absolute atomic E-state index is 11.2. The topological polar surface area (TPSA) is 95.5 Å². The molecule has 0 aromatic carbocycles. The lowest BCUT2D eigenvalue weighted by molar-refractivity contribution is -0.143. The molecule has 1 unspecified atom stereocenters. The average Bonchev–Trinajstić information content (AvgIpc) is 2.10. The van der Waals surface area contributed by atoms with Gasteiger partial charge in [0, 0.05) is 5.75 Å². The summed E-state index contributed by atoms with van der Waals surface area (Å²) in [7, 11) is 0. The minimum absolute atomic E-state index is 0.192. The smallest absolute Gasteiger partial charge is 0.305 e. The number of aliphatic carboxylic acids is 1. The Balaban J connectivity index is 2.62. The van der Waals surface area contributed by atoms with E-state index in [0.717, 1.165) is 0 Å². The van der Waals surface area contributed by atoms with Crippen molar-refractivity contribution in [3.05, 3.63) is 0 Å². The van der Waals surface area contributed by atoms with Gasteiger partial charge in [-0.05, 0) is 0 Å². The fourth-order valence-corrected chi connectivity index (χ4v) is 1.38. The van der Waals surface area contributed by atoms with Crippen LogP contribution in [0.25, 0.3) is 0 Å². The molecule has 0 spiro atoms. The monoisotopic (exact) mass is 218 g/mol. The molecule has 0 aromatic rings. The number of carbonyl (C=O) groups excluding carboxylic acids is 2. The van der Waals surface area contributed by atoms with E-state index in [9.17, 15) is 14.4 Å². The van der Waals surface area contributed by atoms with Crippen molar-refractivity contribution in [3.63, 3.8) is 0 Å². The van der Waals surface area contributed by atoms with Crippen LogP contribution in [-0.2, 0) is 14.4 Å². The third kappa shape index (κ3) is 2.38. The van der Waals surface area contributed by atoms with E-state index in [1.54, 1.807) is 0 Å². The van der Waals surface area contributed by atoms with Crippen molar-refractivity contribution in [2.75, 3.05) is 5.75 Å². The summed E-state index contributed by atoms with van der Waals surface area (Å²) >= 11 is 3.87. The second-order valence-corrected chi connectivity index (χ2v) is 3.27. The standard InChI is InChI=1S/C7H10N2O4S/c10-5(11)1-3-6(12)9-4(2-14)7(13)8-3/h3-4,14H,1-2H2,(H,8,13)(H,9,12)(H,10,11)/t3?,4-/m0/s1. The molecule has 3 N–H and O–H groups in total. The second kappa shape index (κ2) is 4.32. The highest BCUT2D eigenvalue weighted by molar-refractivity contribution is 7.80. The maximum Gasteiger partial charge on any atom is 0.305 e. The zero-order chi connectivity index (χ0) is 10.7. The van der Waals surface area contributed by atoms with Crippen LogP contribution in [0.3, 0.4) is 0 Å². The summed E-state index contributed by atoms with van der Waals surface area (Å²) in [5.74, 6) is -1.82. The van der Waals surface area contributed by atoms with Crippen LogP contribution in [0.15, 0.2) is 0 Å². The van der Waals surface area contributed by atoms with E-state index in [-0.39, 0.29) is 5.75 Å². The number of carboxylic acid groups (broad SMARTS) is 1. The molecular formula is C7H10N2O4S. The first-order chi connectivity index (χ1) is 6.54.